The van der Waals surface area contributed by atoms with E-state index in [1.54, 1.807) is 17.2 Å². The van der Waals surface area contributed by atoms with Gasteiger partial charge in [0.1, 0.15) is 11.5 Å². The summed E-state index contributed by atoms with van der Waals surface area (Å²) in [5.41, 5.74) is 6.31. The van der Waals surface area contributed by atoms with E-state index < -0.39 is 0 Å². The molecule has 0 bridgehead atoms. The second kappa shape index (κ2) is 6.88. The lowest BCUT2D eigenvalue weighted by Gasteiger charge is -2.29. The molecule has 1 N–H and O–H groups in total. The largest absolute Gasteiger partial charge is 0.359 e. The number of rotatable bonds is 3. The second-order valence-corrected chi connectivity index (χ2v) is 8.31. The number of halogens is 1. The average Bonchev–Trinajstić information content (AvgIpc) is 3.44. The normalized spacial score (nSPS) is 19.4. The predicted octanol–water partition coefficient (Wildman–Crippen LogP) is 5.00. The van der Waals surface area contributed by atoms with Gasteiger partial charge in [0.05, 0.1) is 35.2 Å². The highest BCUT2D eigenvalue weighted by Gasteiger charge is 2.36. The monoisotopic (exact) mass is 406 g/mol. The van der Waals surface area contributed by atoms with Crippen LogP contribution in [0, 0.1) is 19.8 Å². The Morgan fingerprint density at radius 1 is 1.07 bits per heavy atom. The average molecular weight is 407 g/mol. The lowest BCUT2D eigenvalue weighted by Crippen LogP contribution is -2.27. The second-order valence-electron chi connectivity index (χ2n) is 7.91. The lowest BCUT2D eigenvalue weighted by molar-refractivity contribution is 0.513. The molecule has 1 aliphatic rings. The van der Waals surface area contributed by atoms with Gasteiger partial charge in [-0.2, -0.15) is 10.2 Å². The lowest BCUT2D eigenvalue weighted by atomic mass is 10.0. The molecule has 6 nitrogen and oxygen atoms in total. The van der Waals surface area contributed by atoms with Crippen LogP contribution in [0.25, 0.3) is 16.7 Å². The summed E-state index contributed by atoms with van der Waals surface area (Å²) >= 11 is 6.32. The van der Waals surface area contributed by atoms with Gasteiger partial charge in [0, 0.05) is 11.6 Å². The van der Waals surface area contributed by atoms with Crippen molar-refractivity contribution >= 4 is 28.3 Å². The summed E-state index contributed by atoms with van der Waals surface area (Å²) in [4.78, 5) is 12.7. The SMILES string of the molecule is Cc1ccc(-n2nccn2)c(N2CC[C@H](C)[C@H]2c2nc3c(C)c(Cl)ccc3[nH]2)c1. The first-order valence-electron chi connectivity index (χ1n) is 9.91. The van der Waals surface area contributed by atoms with Crippen LogP contribution in [0.1, 0.15) is 36.3 Å². The zero-order valence-electron chi connectivity index (χ0n) is 16.7. The summed E-state index contributed by atoms with van der Waals surface area (Å²) < 4.78 is 0. The molecule has 0 aliphatic carbocycles. The minimum Gasteiger partial charge on any atom is -0.359 e. The molecule has 0 unspecified atom stereocenters. The molecular weight excluding hydrogens is 384 g/mol. The molecule has 1 fully saturated rings. The number of hydrogen-bond donors (Lipinski definition) is 1. The molecule has 0 radical (unpaired) electrons. The van der Waals surface area contributed by atoms with E-state index in [0.29, 0.717) is 5.92 Å². The van der Waals surface area contributed by atoms with Gasteiger partial charge in [-0.05, 0) is 61.6 Å². The molecule has 2 atom stereocenters. The standard InChI is InChI=1S/C22H23ClN6/c1-13-4-7-18(29-24-9-10-25-29)19(12-13)28-11-8-14(2)21(28)22-26-17-6-5-16(23)15(3)20(17)27-22/h4-7,9-10,12,14,21H,8,11H2,1-3H3,(H,26,27)/t14-,21-/m0/s1. The molecule has 5 rings (SSSR count). The van der Waals surface area contributed by atoms with E-state index in [1.807, 2.05) is 19.1 Å². The minimum absolute atomic E-state index is 0.150. The van der Waals surface area contributed by atoms with Crippen LogP contribution >= 0.6 is 11.6 Å². The Hall–Kier alpha value is -2.86. The van der Waals surface area contributed by atoms with E-state index in [2.05, 4.69) is 52.1 Å². The van der Waals surface area contributed by atoms with Gasteiger partial charge in [-0.3, -0.25) is 0 Å². The van der Waals surface area contributed by atoms with Gasteiger partial charge in [0.2, 0.25) is 0 Å². The van der Waals surface area contributed by atoms with Crippen molar-refractivity contribution in [2.75, 3.05) is 11.4 Å². The Bertz CT molecular complexity index is 1180. The molecule has 1 aliphatic heterocycles. The van der Waals surface area contributed by atoms with Gasteiger partial charge in [-0.1, -0.05) is 24.6 Å². The Morgan fingerprint density at radius 2 is 1.86 bits per heavy atom. The number of hydrogen-bond acceptors (Lipinski definition) is 4. The Labute approximate surface area is 174 Å². The molecule has 148 valence electrons. The van der Waals surface area contributed by atoms with Crippen molar-refractivity contribution in [3.8, 4) is 5.69 Å². The predicted molar refractivity (Wildman–Crippen MR) is 116 cm³/mol. The van der Waals surface area contributed by atoms with Gasteiger partial charge in [0.15, 0.2) is 0 Å². The maximum absolute atomic E-state index is 6.32. The van der Waals surface area contributed by atoms with E-state index in [-0.39, 0.29) is 6.04 Å². The number of aromatic nitrogens is 5. The van der Waals surface area contributed by atoms with Crippen LogP contribution in [0.5, 0.6) is 0 Å². The number of nitrogens with one attached hydrogen (secondary N) is 1. The maximum atomic E-state index is 6.32. The van der Waals surface area contributed by atoms with Gasteiger partial charge < -0.3 is 9.88 Å². The highest BCUT2D eigenvalue weighted by atomic mass is 35.5. The summed E-state index contributed by atoms with van der Waals surface area (Å²) in [6, 6.07) is 10.5. The highest BCUT2D eigenvalue weighted by Crippen LogP contribution is 2.42. The summed E-state index contributed by atoms with van der Waals surface area (Å²) in [7, 11) is 0. The number of aryl methyl sites for hydroxylation is 2. The van der Waals surface area contributed by atoms with E-state index in [1.165, 1.54) is 5.56 Å². The number of nitrogens with zero attached hydrogens (tertiary/aromatic N) is 5. The minimum atomic E-state index is 0.150. The number of benzene rings is 2. The van der Waals surface area contributed by atoms with Gasteiger partial charge in [-0.25, -0.2) is 4.98 Å². The Balaban J connectivity index is 1.64. The third kappa shape index (κ3) is 2.99. The van der Waals surface area contributed by atoms with Crippen molar-refractivity contribution in [3.05, 3.63) is 64.7 Å². The molecule has 0 amide bonds. The highest BCUT2D eigenvalue weighted by molar-refractivity contribution is 6.32. The molecule has 0 saturated carbocycles. The molecule has 29 heavy (non-hydrogen) atoms. The molecule has 4 aromatic rings. The van der Waals surface area contributed by atoms with E-state index in [4.69, 9.17) is 16.6 Å². The van der Waals surface area contributed by atoms with E-state index >= 15 is 0 Å². The molecule has 2 aromatic carbocycles. The van der Waals surface area contributed by atoms with Crippen molar-refractivity contribution in [1.29, 1.82) is 0 Å². The van der Waals surface area contributed by atoms with Crippen molar-refractivity contribution in [1.82, 2.24) is 25.0 Å². The quantitative estimate of drug-likeness (QED) is 0.520. The van der Waals surface area contributed by atoms with Gasteiger partial charge in [0.25, 0.3) is 0 Å². The van der Waals surface area contributed by atoms with Crippen LogP contribution in [-0.2, 0) is 0 Å². The Morgan fingerprint density at radius 3 is 2.66 bits per heavy atom. The Kier molecular flexibility index (Phi) is 4.32. The molecule has 7 heteroatoms. The molecule has 0 spiro atoms. The van der Waals surface area contributed by atoms with E-state index in [0.717, 1.165) is 51.8 Å². The molecule has 2 aromatic heterocycles. The smallest absolute Gasteiger partial charge is 0.130 e. The van der Waals surface area contributed by atoms with Gasteiger partial charge in [-0.15, -0.1) is 4.80 Å². The fourth-order valence-electron chi connectivity index (χ4n) is 4.35. The first kappa shape index (κ1) is 18.2. The van der Waals surface area contributed by atoms with Crippen LogP contribution in [-0.4, -0.2) is 31.5 Å². The number of fused-ring (bicyclic) bond motifs is 1. The molecule has 1 saturated heterocycles. The van der Waals surface area contributed by atoms with Crippen molar-refractivity contribution in [3.63, 3.8) is 0 Å². The van der Waals surface area contributed by atoms with Crippen LogP contribution < -0.4 is 4.90 Å². The fourth-order valence-corrected chi connectivity index (χ4v) is 4.51. The van der Waals surface area contributed by atoms with Crippen LogP contribution in [0.3, 0.4) is 0 Å². The first-order valence-corrected chi connectivity index (χ1v) is 10.3. The fraction of sp³-hybridized carbons (Fsp3) is 0.318. The maximum Gasteiger partial charge on any atom is 0.130 e. The number of imidazole rings is 1. The van der Waals surface area contributed by atoms with E-state index in [9.17, 15) is 0 Å². The van der Waals surface area contributed by atoms with Gasteiger partial charge >= 0.3 is 0 Å². The number of anilines is 1. The van der Waals surface area contributed by atoms with Crippen LogP contribution in [0.15, 0.2) is 42.7 Å². The summed E-state index contributed by atoms with van der Waals surface area (Å²) in [5.74, 6) is 1.45. The zero-order chi connectivity index (χ0) is 20.1. The topological polar surface area (TPSA) is 62.6 Å². The number of aromatic amines is 1. The summed E-state index contributed by atoms with van der Waals surface area (Å²) in [5, 5.41) is 9.47. The van der Waals surface area contributed by atoms with Crippen molar-refractivity contribution in [2.24, 2.45) is 5.92 Å². The zero-order valence-corrected chi connectivity index (χ0v) is 17.5. The first-order chi connectivity index (χ1) is 14.0. The van der Waals surface area contributed by atoms with Crippen LogP contribution in [0.4, 0.5) is 5.69 Å². The third-order valence-corrected chi connectivity index (χ3v) is 6.32. The summed E-state index contributed by atoms with van der Waals surface area (Å²) in [6.45, 7) is 7.39. The third-order valence-electron chi connectivity index (χ3n) is 5.91. The van der Waals surface area contributed by atoms with Crippen molar-refractivity contribution in [2.45, 2.75) is 33.2 Å². The van der Waals surface area contributed by atoms with Crippen molar-refractivity contribution < 1.29 is 0 Å². The molecule has 3 heterocycles. The number of H-pyrrole nitrogens is 1. The molecular formula is C22H23ClN6. The van der Waals surface area contributed by atoms with Crippen LogP contribution in [0.2, 0.25) is 5.02 Å². The summed E-state index contributed by atoms with van der Waals surface area (Å²) in [6.07, 6.45) is 4.51.